The van der Waals surface area contributed by atoms with Crippen LogP contribution < -0.4 is 0 Å². The molecule has 0 saturated carbocycles. The van der Waals surface area contributed by atoms with Crippen LogP contribution in [-0.2, 0) is 18.4 Å². The second-order valence-electron chi connectivity index (χ2n) is 8.60. The predicted molar refractivity (Wildman–Crippen MR) is 105 cm³/mol. The summed E-state index contributed by atoms with van der Waals surface area (Å²) in [7, 11) is 0. The zero-order chi connectivity index (χ0) is 20.5. The van der Waals surface area contributed by atoms with Gasteiger partial charge in [0.2, 0.25) is 0 Å². The average molecular weight is 385 g/mol. The van der Waals surface area contributed by atoms with Crippen molar-refractivity contribution in [3.05, 3.63) is 71.4 Å². The highest BCUT2D eigenvalue weighted by Crippen LogP contribution is 2.29. The van der Waals surface area contributed by atoms with Crippen LogP contribution in [-0.4, -0.2) is 20.1 Å². The second-order valence-corrected chi connectivity index (χ2v) is 8.60. The Morgan fingerprint density at radius 2 is 1.71 bits per heavy atom. The van der Waals surface area contributed by atoms with Crippen molar-refractivity contribution in [2.24, 2.45) is 5.41 Å². The first-order valence-corrected chi connectivity index (χ1v) is 9.21. The zero-order valence-electron chi connectivity index (χ0n) is 16.6. The molecule has 148 valence electrons. The zero-order valence-corrected chi connectivity index (χ0v) is 16.6. The topological polar surface area (TPSA) is 61.8 Å². The molecular weight excluding hydrogens is 360 g/mol. The second kappa shape index (κ2) is 7.43. The van der Waals surface area contributed by atoms with Crippen LogP contribution in [0.1, 0.15) is 44.8 Å². The molecule has 1 unspecified atom stereocenters. The lowest BCUT2D eigenvalue weighted by molar-refractivity contribution is 0.0553. The third kappa shape index (κ3) is 4.81. The molecule has 0 amide bonds. The summed E-state index contributed by atoms with van der Waals surface area (Å²) in [6, 6.07) is 7.15. The van der Waals surface area contributed by atoms with Gasteiger partial charge in [0.05, 0.1) is 17.5 Å². The molecule has 28 heavy (non-hydrogen) atoms. The molecule has 4 nitrogen and oxygen atoms in total. The summed E-state index contributed by atoms with van der Waals surface area (Å²) in [5.74, 6) is -0.355. The van der Waals surface area contributed by atoms with E-state index in [0.717, 1.165) is 18.3 Å². The highest BCUT2D eigenvalue weighted by atomic mass is 19.1. The van der Waals surface area contributed by atoms with E-state index in [4.69, 9.17) is 0 Å². The Labute approximate surface area is 163 Å². The van der Waals surface area contributed by atoms with Crippen LogP contribution in [0.25, 0.3) is 11.3 Å². The first-order valence-electron chi connectivity index (χ1n) is 9.21. The van der Waals surface area contributed by atoms with Crippen molar-refractivity contribution < 1.29 is 13.9 Å². The van der Waals surface area contributed by atoms with Crippen molar-refractivity contribution >= 4 is 0 Å². The van der Waals surface area contributed by atoms with E-state index >= 15 is 0 Å². The largest absolute Gasteiger partial charge is 0.385 e. The van der Waals surface area contributed by atoms with E-state index in [0.29, 0.717) is 17.1 Å². The number of hydrogen-bond donors (Lipinski definition) is 2. The van der Waals surface area contributed by atoms with E-state index < -0.39 is 17.2 Å². The number of rotatable bonds is 5. The summed E-state index contributed by atoms with van der Waals surface area (Å²) in [5.41, 5.74) is 0.853. The van der Waals surface area contributed by atoms with E-state index in [-0.39, 0.29) is 17.4 Å². The summed E-state index contributed by atoms with van der Waals surface area (Å²) >= 11 is 0. The van der Waals surface area contributed by atoms with Gasteiger partial charge in [-0.1, -0.05) is 26.8 Å². The maximum Gasteiger partial charge on any atom is 0.141 e. The van der Waals surface area contributed by atoms with Gasteiger partial charge in [-0.15, -0.1) is 0 Å². The fraction of sp³-hybridized carbons (Fsp3) is 0.364. The Bertz CT molecular complexity index is 957. The van der Waals surface area contributed by atoms with Crippen LogP contribution in [0, 0.1) is 17.0 Å². The Morgan fingerprint density at radius 3 is 2.32 bits per heavy atom. The van der Waals surface area contributed by atoms with Crippen molar-refractivity contribution in [3.8, 4) is 11.3 Å². The van der Waals surface area contributed by atoms with Gasteiger partial charge in [0.25, 0.3) is 0 Å². The van der Waals surface area contributed by atoms with Gasteiger partial charge in [-0.2, -0.15) is 0 Å². The van der Waals surface area contributed by atoms with Gasteiger partial charge in [-0.05, 0) is 48.6 Å². The monoisotopic (exact) mass is 385 g/mol. The van der Waals surface area contributed by atoms with E-state index in [2.05, 4.69) is 35.7 Å². The summed E-state index contributed by atoms with van der Waals surface area (Å²) in [6.07, 6.45) is 3.90. The number of nitrogens with zero attached hydrogens (tertiary/aromatic N) is 2. The third-order valence-electron chi connectivity index (χ3n) is 4.51. The molecule has 1 atom stereocenters. The lowest BCUT2D eigenvalue weighted by Gasteiger charge is -2.23. The van der Waals surface area contributed by atoms with Crippen molar-refractivity contribution in [2.45, 2.75) is 46.1 Å². The fourth-order valence-corrected chi connectivity index (χ4v) is 3.18. The minimum atomic E-state index is -1.30. The van der Waals surface area contributed by atoms with Gasteiger partial charge in [-0.25, -0.2) is 13.8 Å². The molecular formula is C22H25F2N3O. The average Bonchev–Trinajstić information content (AvgIpc) is 3.00. The van der Waals surface area contributed by atoms with Crippen LogP contribution >= 0.6 is 0 Å². The molecule has 0 radical (unpaired) electrons. The quantitative estimate of drug-likeness (QED) is 0.664. The van der Waals surface area contributed by atoms with E-state index in [1.807, 2.05) is 0 Å². The molecule has 0 aliphatic carbocycles. The standard InChI is InChI=1S/C22H25F2N3O/c1-21(2,3)10-16-13-26-20(27-16)11-22(4,28)14-5-7-17(18(24)9-14)19-8-6-15(23)12-25-19/h5-9,12-13,28H,10-11H2,1-4H3,(H,26,27). The molecule has 6 heteroatoms. The number of hydrogen-bond acceptors (Lipinski definition) is 3. The van der Waals surface area contributed by atoms with E-state index in [1.54, 1.807) is 25.3 Å². The molecule has 3 rings (SSSR count). The van der Waals surface area contributed by atoms with Crippen molar-refractivity contribution in [1.29, 1.82) is 0 Å². The molecule has 0 aliphatic heterocycles. The molecule has 3 aromatic rings. The van der Waals surface area contributed by atoms with Crippen molar-refractivity contribution in [2.75, 3.05) is 0 Å². The first kappa shape index (κ1) is 20.1. The molecule has 2 N–H and O–H groups in total. The SMILES string of the molecule is CC(C)(C)Cc1cnc(CC(C)(O)c2ccc(-c3ccc(F)cn3)c(F)c2)[nH]1. The number of H-pyrrole nitrogens is 1. The van der Waals surface area contributed by atoms with Crippen LogP contribution in [0.4, 0.5) is 8.78 Å². The maximum absolute atomic E-state index is 14.6. The van der Waals surface area contributed by atoms with Crippen LogP contribution in [0.3, 0.4) is 0 Å². The third-order valence-corrected chi connectivity index (χ3v) is 4.51. The summed E-state index contributed by atoms with van der Waals surface area (Å²) in [6.45, 7) is 8.06. The van der Waals surface area contributed by atoms with Gasteiger partial charge in [-0.3, -0.25) is 4.98 Å². The summed E-state index contributed by atoms with van der Waals surface area (Å²) in [4.78, 5) is 11.5. The number of imidazole rings is 1. The lowest BCUT2D eigenvalue weighted by atomic mass is 9.90. The lowest BCUT2D eigenvalue weighted by Crippen LogP contribution is -2.25. The minimum absolute atomic E-state index is 0.125. The molecule has 0 saturated heterocycles. The van der Waals surface area contributed by atoms with Crippen molar-refractivity contribution in [3.63, 3.8) is 0 Å². The number of halogens is 2. The van der Waals surface area contributed by atoms with Gasteiger partial charge >= 0.3 is 0 Å². The smallest absolute Gasteiger partial charge is 0.141 e. The van der Waals surface area contributed by atoms with E-state index in [9.17, 15) is 13.9 Å². The van der Waals surface area contributed by atoms with E-state index in [1.165, 1.54) is 18.2 Å². The molecule has 0 bridgehead atoms. The number of aromatic nitrogens is 3. The molecule has 1 aromatic carbocycles. The van der Waals surface area contributed by atoms with Gasteiger partial charge in [0, 0.05) is 23.9 Å². The highest BCUT2D eigenvalue weighted by Gasteiger charge is 2.27. The molecule has 2 aromatic heterocycles. The van der Waals surface area contributed by atoms with Gasteiger partial charge < -0.3 is 10.1 Å². The molecule has 0 spiro atoms. The highest BCUT2D eigenvalue weighted by molar-refractivity contribution is 5.60. The maximum atomic E-state index is 14.6. The number of aromatic amines is 1. The van der Waals surface area contributed by atoms with Crippen LogP contribution in [0.15, 0.2) is 42.7 Å². The summed E-state index contributed by atoms with van der Waals surface area (Å²) < 4.78 is 27.7. The van der Waals surface area contributed by atoms with Crippen molar-refractivity contribution in [1.82, 2.24) is 15.0 Å². The molecule has 0 aliphatic rings. The Balaban J connectivity index is 1.80. The molecule has 0 fully saturated rings. The fourth-order valence-electron chi connectivity index (χ4n) is 3.18. The number of nitrogens with one attached hydrogen (secondary N) is 1. The first-order chi connectivity index (χ1) is 13.0. The van der Waals surface area contributed by atoms with Crippen LogP contribution in [0.5, 0.6) is 0 Å². The number of pyridine rings is 1. The normalized spacial score (nSPS) is 14.1. The number of aliphatic hydroxyl groups is 1. The van der Waals surface area contributed by atoms with Gasteiger partial charge in [0.1, 0.15) is 17.5 Å². The molecule has 2 heterocycles. The van der Waals surface area contributed by atoms with Gasteiger partial charge in [0.15, 0.2) is 0 Å². The predicted octanol–water partition coefficient (Wildman–Crippen LogP) is 4.79. The Morgan fingerprint density at radius 1 is 0.964 bits per heavy atom. The number of benzene rings is 1. The summed E-state index contributed by atoms with van der Waals surface area (Å²) in [5, 5.41) is 10.9. The Hall–Kier alpha value is -2.60. The minimum Gasteiger partial charge on any atom is -0.385 e. The Kier molecular flexibility index (Phi) is 5.35. The van der Waals surface area contributed by atoms with Crippen LogP contribution in [0.2, 0.25) is 0 Å².